The van der Waals surface area contributed by atoms with Gasteiger partial charge in [0.15, 0.2) is 11.5 Å². The Bertz CT molecular complexity index is 1050. The minimum atomic E-state index is 0.0332. The zero-order chi connectivity index (χ0) is 18.3. The number of carbonyl (C=O) groups is 1. The summed E-state index contributed by atoms with van der Waals surface area (Å²) in [4.78, 5) is 17.5. The molecule has 1 aliphatic heterocycles. The van der Waals surface area contributed by atoms with E-state index in [0.29, 0.717) is 17.9 Å². The molecule has 0 fully saturated rings. The van der Waals surface area contributed by atoms with E-state index in [9.17, 15) is 9.90 Å². The van der Waals surface area contributed by atoms with Gasteiger partial charge in [0.05, 0.1) is 7.11 Å². The van der Waals surface area contributed by atoms with Crippen molar-refractivity contribution in [2.45, 2.75) is 18.2 Å². The Kier molecular flexibility index (Phi) is 4.24. The lowest BCUT2D eigenvalue weighted by Gasteiger charge is -2.06. The second-order valence-electron chi connectivity index (χ2n) is 6.41. The zero-order valence-electron chi connectivity index (χ0n) is 14.6. The fraction of sp³-hybridized carbons (Fsp3) is 0.190. The third-order valence-electron chi connectivity index (χ3n) is 4.59. The predicted octanol–water partition coefficient (Wildman–Crippen LogP) is 4.95. The largest absolute Gasteiger partial charge is 0.504 e. The van der Waals surface area contributed by atoms with Gasteiger partial charge in [0.1, 0.15) is 5.69 Å². The number of aromatic amines is 1. The fourth-order valence-electron chi connectivity index (χ4n) is 3.25. The molecule has 26 heavy (non-hydrogen) atoms. The first-order valence-electron chi connectivity index (χ1n) is 8.44. The van der Waals surface area contributed by atoms with Crippen molar-refractivity contribution in [3.63, 3.8) is 0 Å². The number of thioether (sulfide) groups is 1. The van der Waals surface area contributed by atoms with Gasteiger partial charge in [-0.25, -0.2) is 0 Å². The molecular weight excluding hydrogens is 346 g/mol. The molecule has 0 aliphatic carbocycles. The molecule has 132 valence electrons. The van der Waals surface area contributed by atoms with Crippen LogP contribution in [0.2, 0.25) is 0 Å². The standard InChI is InChI=1S/C21H19NO3S/c1-12-3-5-16-15(9-12)21-19(22-16)20(24)14(7-8-26-21)10-13-4-6-17(23)18(11-13)25-2/h3-6,9-11,22-23H,7-8H2,1-2H3/b14-10+. The van der Waals surface area contributed by atoms with Gasteiger partial charge in [0.25, 0.3) is 0 Å². The van der Waals surface area contributed by atoms with Gasteiger partial charge in [-0.1, -0.05) is 17.7 Å². The number of methoxy groups -OCH3 is 1. The molecule has 2 N–H and O–H groups in total. The molecule has 0 amide bonds. The number of ketones is 1. The lowest BCUT2D eigenvalue weighted by atomic mass is 10.0. The van der Waals surface area contributed by atoms with E-state index < -0.39 is 0 Å². The highest BCUT2D eigenvalue weighted by molar-refractivity contribution is 7.99. The van der Waals surface area contributed by atoms with Crippen molar-refractivity contribution >= 4 is 34.5 Å². The number of Topliss-reactive ketones (excluding diaryl/α,β-unsaturated/α-hetero) is 1. The van der Waals surface area contributed by atoms with Crippen LogP contribution in [-0.2, 0) is 0 Å². The molecule has 0 radical (unpaired) electrons. The normalized spacial score (nSPS) is 15.9. The number of ether oxygens (including phenoxy) is 1. The van der Waals surface area contributed by atoms with Crippen LogP contribution < -0.4 is 4.74 Å². The number of phenols is 1. The van der Waals surface area contributed by atoms with Gasteiger partial charge in [-0.2, -0.15) is 0 Å². The van der Waals surface area contributed by atoms with Crippen molar-refractivity contribution in [3.8, 4) is 11.5 Å². The summed E-state index contributed by atoms with van der Waals surface area (Å²) in [5, 5.41) is 10.9. The van der Waals surface area contributed by atoms with E-state index in [-0.39, 0.29) is 11.5 Å². The molecule has 3 aromatic rings. The SMILES string of the molecule is COc1cc(/C=C2\CCSc3c([nH]c4ccc(C)cc34)C2=O)ccc1O. The van der Waals surface area contributed by atoms with Crippen LogP contribution in [0.3, 0.4) is 0 Å². The van der Waals surface area contributed by atoms with Crippen molar-refractivity contribution in [1.29, 1.82) is 0 Å². The highest BCUT2D eigenvalue weighted by atomic mass is 32.2. The fourth-order valence-corrected chi connectivity index (χ4v) is 4.39. The van der Waals surface area contributed by atoms with Crippen molar-refractivity contribution in [3.05, 3.63) is 58.8 Å². The van der Waals surface area contributed by atoms with E-state index in [2.05, 4.69) is 18.0 Å². The summed E-state index contributed by atoms with van der Waals surface area (Å²) in [6.45, 7) is 2.06. The number of fused-ring (bicyclic) bond motifs is 3. The quantitative estimate of drug-likeness (QED) is 0.631. The Labute approximate surface area is 155 Å². The van der Waals surface area contributed by atoms with Crippen LogP contribution in [0.25, 0.3) is 17.0 Å². The maximum atomic E-state index is 13.1. The molecule has 2 aromatic carbocycles. The van der Waals surface area contributed by atoms with Gasteiger partial charge in [0, 0.05) is 27.1 Å². The Balaban J connectivity index is 1.78. The molecule has 4 nitrogen and oxygen atoms in total. The second kappa shape index (κ2) is 6.57. The Morgan fingerprint density at radius 1 is 1.23 bits per heavy atom. The topological polar surface area (TPSA) is 62.3 Å². The summed E-state index contributed by atoms with van der Waals surface area (Å²) in [5.41, 5.74) is 4.44. The summed E-state index contributed by atoms with van der Waals surface area (Å²) in [7, 11) is 1.51. The maximum Gasteiger partial charge on any atom is 0.206 e. The molecule has 0 saturated carbocycles. The first-order chi connectivity index (χ1) is 12.6. The van der Waals surface area contributed by atoms with E-state index in [1.54, 1.807) is 30.0 Å². The first-order valence-corrected chi connectivity index (χ1v) is 9.43. The highest BCUT2D eigenvalue weighted by Gasteiger charge is 2.24. The predicted molar refractivity (Wildman–Crippen MR) is 105 cm³/mol. The summed E-state index contributed by atoms with van der Waals surface area (Å²) in [6, 6.07) is 11.3. The van der Waals surface area contributed by atoms with Gasteiger partial charge in [-0.3, -0.25) is 4.79 Å². The van der Waals surface area contributed by atoms with Crippen molar-refractivity contribution in [1.82, 2.24) is 4.98 Å². The molecule has 0 bridgehead atoms. The van der Waals surface area contributed by atoms with Gasteiger partial charge < -0.3 is 14.8 Å². The van der Waals surface area contributed by atoms with E-state index in [1.165, 1.54) is 12.7 Å². The highest BCUT2D eigenvalue weighted by Crippen LogP contribution is 2.38. The van der Waals surface area contributed by atoms with Gasteiger partial charge in [0.2, 0.25) is 5.78 Å². The molecule has 2 heterocycles. The van der Waals surface area contributed by atoms with Crippen LogP contribution in [-0.4, -0.2) is 28.7 Å². The number of aromatic hydroxyl groups is 1. The molecule has 0 unspecified atom stereocenters. The van der Waals surface area contributed by atoms with Gasteiger partial charge in [-0.15, -0.1) is 11.8 Å². The van der Waals surface area contributed by atoms with E-state index >= 15 is 0 Å². The number of H-pyrrole nitrogens is 1. The Morgan fingerprint density at radius 3 is 2.88 bits per heavy atom. The molecule has 1 aliphatic rings. The molecule has 1 aromatic heterocycles. The maximum absolute atomic E-state index is 13.1. The minimum Gasteiger partial charge on any atom is -0.504 e. The van der Waals surface area contributed by atoms with Crippen molar-refractivity contribution in [2.75, 3.05) is 12.9 Å². The number of nitrogens with one attached hydrogen (secondary N) is 1. The van der Waals surface area contributed by atoms with Crippen LogP contribution in [0.1, 0.15) is 28.0 Å². The molecule has 0 spiro atoms. The number of benzene rings is 2. The number of aryl methyl sites for hydroxylation is 1. The minimum absolute atomic E-state index is 0.0332. The molecule has 0 saturated heterocycles. The number of hydrogen-bond donors (Lipinski definition) is 2. The monoisotopic (exact) mass is 365 g/mol. The number of aromatic nitrogens is 1. The summed E-state index contributed by atoms with van der Waals surface area (Å²) in [5.74, 6) is 1.37. The molecule has 4 rings (SSSR count). The Morgan fingerprint density at radius 2 is 2.08 bits per heavy atom. The lowest BCUT2D eigenvalue weighted by Crippen LogP contribution is -2.03. The summed E-state index contributed by atoms with van der Waals surface area (Å²) < 4.78 is 5.16. The average Bonchev–Trinajstić information content (AvgIpc) is 2.92. The number of rotatable bonds is 2. The van der Waals surface area contributed by atoms with Crippen LogP contribution in [0.5, 0.6) is 11.5 Å². The van der Waals surface area contributed by atoms with Crippen molar-refractivity contribution in [2.24, 2.45) is 0 Å². The molecule has 5 heteroatoms. The smallest absolute Gasteiger partial charge is 0.206 e. The van der Waals surface area contributed by atoms with Crippen LogP contribution in [0.4, 0.5) is 0 Å². The van der Waals surface area contributed by atoms with Crippen molar-refractivity contribution < 1.29 is 14.6 Å². The summed E-state index contributed by atoms with van der Waals surface area (Å²) in [6.07, 6.45) is 2.58. The number of phenolic OH excluding ortho intramolecular Hbond substituents is 1. The molecular formula is C21H19NO3S. The number of hydrogen-bond acceptors (Lipinski definition) is 4. The first kappa shape index (κ1) is 16.8. The third-order valence-corrected chi connectivity index (χ3v) is 5.71. The zero-order valence-corrected chi connectivity index (χ0v) is 15.4. The van der Waals surface area contributed by atoms with E-state index in [4.69, 9.17) is 4.74 Å². The lowest BCUT2D eigenvalue weighted by molar-refractivity contribution is 0.102. The number of allylic oxidation sites excluding steroid dienone is 1. The molecule has 0 atom stereocenters. The second-order valence-corrected chi connectivity index (χ2v) is 7.51. The van der Waals surface area contributed by atoms with Gasteiger partial charge >= 0.3 is 0 Å². The average molecular weight is 365 g/mol. The number of carbonyl (C=O) groups excluding carboxylic acids is 1. The van der Waals surface area contributed by atoms with E-state index in [0.717, 1.165) is 32.7 Å². The van der Waals surface area contributed by atoms with Gasteiger partial charge in [-0.05, 0) is 49.2 Å². The third kappa shape index (κ3) is 2.88. The van der Waals surface area contributed by atoms with E-state index in [1.807, 2.05) is 18.2 Å². The Hall–Kier alpha value is -2.66. The van der Waals surface area contributed by atoms with Crippen LogP contribution in [0.15, 0.2) is 46.9 Å². The van der Waals surface area contributed by atoms with Crippen LogP contribution in [0, 0.1) is 6.92 Å². The van der Waals surface area contributed by atoms with Crippen LogP contribution >= 0.6 is 11.8 Å². The summed E-state index contributed by atoms with van der Waals surface area (Å²) >= 11 is 1.72.